The van der Waals surface area contributed by atoms with Crippen molar-refractivity contribution in [1.82, 2.24) is 15.3 Å². The minimum Gasteiger partial charge on any atom is -0.451 e. The third-order valence-corrected chi connectivity index (χ3v) is 4.38. The van der Waals surface area contributed by atoms with Gasteiger partial charge in [-0.25, -0.2) is 14.2 Å². The van der Waals surface area contributed by atoms with E-state index in [1.165, 1.54) is 42.1 Å². The molecule has 0 aliphatic heterocycles. The van der Waals surface area contributed by atoms with E-state index < -0.39 is 24.5 Å². The number of esters is 1. The van der Waals surface area contributed by atoms with Gasteiger partial charge in [0.05, 0.1) is 12.2 Å². The number of hydrogen-bond acceptors (Lipinski definition) is 6. The van der Waals surface area contributed by atoms with Gasteiger partial charge in [-0.05, 0) is 29.1 Å². The van der Waals surface area contributed by atoms with Crippen molar-refractivity contribution < 1.29 is 18.7 Å². The molecule has 0 aliphatic carbocycles. The van der Waals surface area contributed by atoms with Gasteiger partial charge in [0.15, 0.2) is 12.3 Å². The summed E-state index contributed by atoms with van der Waals surface area (Å²) >= 11 is 1.46. The van der Waals surface area contributed by atoms with Crippen molar-refractivity contribution >= 4 is 23.2 Å². The third-order valence-electron chi connectivity index (χ3n) is 3.44. The van der Waals surface area contributed by atoms with Crippen LogP contribution in [0.4, 0.5) is 4.39 Å². The van der Waals surface area contributed by atoms with Crippen LogP contribution in [0.3, 0.4) is 0 Å². The fourth-order valence-electron chi connectivity index (χ4n) is 2.24. The van der Waals surface area contributed by atoms with E-state index in [1.807, 2.05) is 17.5 Å². The fraction of sp³-hybridized carbons (Fsp3) is 0.111. The smallest absolute Gasteiger partial charge is 0.359 e. The van der Waals surface area contributed by atoms with E-state index in [0.29, 0.717) is 0 Å². The Morgan fingerprint density at radius 1 is 1.19 bits per heavy atom. The van der Waals surface area contributed by atoms with Gasteiger partial charge in [-0.2, -0.15) is 0 Å². The van der Waals surface area contributed by atoms with Gasteiger partial charge in [-0.15, -0.1) is 11.3 Å². The number of amides is 1. The summed E-state index contributed by atoms with van der Waals surface area (Å²) in [6, 6.07) is 9.13. The van der Waals surface area contributed by atoms with Crippen molar-refractivity contribution in [3.63, 3.8) is 0 Å². The molecular weight excluding hydrogens is 357 g/mol. The lowest BCUT2D eigenvalue weighted by atomic mass is 10.1. The minimum absolute atomic E-state index is 0.0219. The molecule has 2 heterocycles. The Morgan fingerprint density at radius 2 is 2.00 bits per heavy atom. The van der Waals surface area contributed by atoms with Gasteiger partial charge < -0.3 is 10.1 Å². The lowest BCUT2D eigenvalue weighted by Gasteiger charge is -2.18. The zero-order valence-corrected chi connectivity index (χ0v) is 14.3. The van der Waals surface area contributed by atoms with Crippen molar-refractivity contribution in [3.8, 4) is 0 Å². The molecule has 132 valence electrons. The first-order valence-electron chi connectivity index (χ1n) is 7.65. The number of ether oxygens (including phenoxy) is 1. The van der Waals surface area contributed by atoms with E-state index in [0.717, 1.165) is 10.4 Å². The average Bonchev–Trinajstić information content (AvgIpc) is 3.20. The van der Waals surface area contributed by atoms with Crippen LogP contribution < -0.4 is 5.32 Å². The van der Waals surface area contributed by atoms with Gasteiger partial charge >= 0.3 is 5.97 Å². The highest BCUT2D eigenvalue weighted by Crippen LogP contribution is 2.26. The molecule has 1 aromatic carbocycles. The van der Waals surface area contributed by atoms with Crippen LogP contribution in [-0.4, -0.2) is 28.5 Å². The molecule has 1 atom stereocenters. The maximum atomic E-state index is 13.2. The zero-order chi connectivity index (χ0) is 18.4. The first-order chi connectivity index (χ1) is 12.6. The number of carbonyl (C=O) groups is 2. The lowest BCUT2D eigenvalue weighted by molar-refractivity contribution is -0.124. The van der Waals surface area contributed by atoms with E-state index in [1.54, 1.807) is 12.1 Å². The second-order valence-electron chi connectivity index (χ2n) is 5.23. The van der Waals surface area contributed by atoms with Crippen LogP contribution in [0.1, 0.15) is 27.0 Å². The second-order valence-corrected chi connectivity index (χ2v) is 6.21. The number of hydrogen-bond donors (Lipinski definition) is 1. The Kier molecular flexibility index (Phi) is 5.65. The maximum absolute atomic E-state index is 13.2. The number of halogens is 1. The first-order valence-corrected chi connectivity index (χ1v) is 8.53. The molecule has 3 rings (SSSR count). The molecule has 3 aromatic rings. The number of rotatable bonds is 6. The Hall–Kier alpha value is -3.13. The standard InChI is InChI=1S/C18H14FN3O3S/c19-13-5-3-12(4-6-13)17(15-2-1-9-26-15)22-16(23)11-25-18(24)14-10-20-7-8-21-14/h1-10,17H,11H2,(H,22,23)/t17-/m1/s1. The Balaban J connectivity index is 1.66. The van der Waals surface area contributed by atoms with Crippen LogP contribution >= 0.6 is 11.3 Å². The molecule has 0 bridgehead atoms. The molecule has 0 spiro atoms. The topological polar surface area (TPSA) is 81.2 Å². The van der Waals surface area contributed by atoms with E-state index in [4.69, 9.17) is 4.74 Å². The van der Waals surface area contributed by atoms with Crippen molar-refractivity contribution in [3.05, 3.63) is 82.3 Å². The van der Waals surface area contributed by atoms with Crippen LogP contribution in [0, 0.1) is 5.82 Å². The number of benzene rings is 1. The molecule has 1 amide bonds. The first kappa shape index (κ1) is 17.7. The van der Waals surface area contributed by atoms with Gasteiger partial charge in [0.1, 0.15) is 5.82 Å². The van der Waals surface area contributed by atoms with Crippen LogP contribution in [-0.2, 0) is 9.53 Å². The predicted molar refractivity (Wildman–Crippen MR) is 93.0 cm³/mol. The highest BCUT2D eigenvalue weighted by Gasteiger charge is 2.19. The van der Waals surface area contributed by atoms with E-state index in [2.05, 4.69) is 15.3 Å². The van der Waals surface area contributed by atoms with Crippen LogP contribution in [0.5, 0.6) is 0 Å². The summed E-state index contributed by atoms with van der Waals surface area (Å²) < 4.78 is 18.1. The predicted octanol–water partition coefficient (Wildman–Crippen LogP) is 2.74. The van der Waals surface area contributed by atoms with Crippen molar-refractivity contribution in [1.29, 1.82) is 0 Å². The number of nitrogens with zero attached hydrogens (tertiary/aromatic N) is 2. The number of aromatic nitrogens is 2. The molecule has 0 saturated carbocycles. The molecular formula is C18H14FN3O3S. The van der Waals surface area contributed by atoms with Crippen LogP contribution in [0.15, 0.2) is 60.4 Å². The normalized spacial score (nSPS) is 11.6. The van der Waals surface area contributed by atoms with Gasteiger partial charge in [0, 0.05) is 17.3 Å². The third kappa shape index (κ3) is 4.48. The molecule has 6 nitrogen and oxygen atoms in total. The van der Waals surface area contributed by atoms with Gasteiger partial charge in [0.25, 0.3) is 5.91 Å². The monoisotopic (exact) mass is 371 g/mol. The summed E-state index contributed by atoms with van der Waals surface area (Å²) in [7, 11) is 0. The SMILES string of the molecule is O=C(COC(=O)c1cnccn1)N[C@H](c1ccc(F)cc1)c1cccs1. The zero-order valence-electron chi connectivity index (χ0n) is 13.5. The summed E-state index contributed by atoms with van der Waals surface area (Å²) in [5.41, 5.74) is 0.746. The molecule has 0 unspecified atom stereocenters. The molecule has 0 radical (unpaired) electrons. The average molecular weight is 371 g/mol. The van der Waals surface area contributed by atoms with Crippen molar-refractivity contribution in [2.75, 3.05) is 6.61 Å². The highest BCUT2D eigenvalue weighted by molar-refractivity contribution is 7.10. The Labute approximate surface area is 152 Å². The molecule has 1 N–H and O–H groups in total. The highest BCUT2D eigenvalue weighted by atomic mass is 32.1. The Bertz CT molecular complexity index is 870. The Morgan fingerprint density at radius 3 is 2.65 bits per heavy atom. The second kappa shape index (κ2) is 8.30. The van der Waals surface area contributed by atoms with Gasteiger partial charge in [-0.1, -0.05) is 18.2 Å². The number of thiophene rings is 1. The van der Waals surface area contributed by atoms with Crippen molar-refractivity contribution in [2.24, 2.45) is 0 Å². The summed E-state index contributed by atoms with van der Waals surface area (Å²) in [5, 5.41) is 4.68. The fourth-order valence-corrected chi connectivity index (χ4v) is 3.04. The summed E-state index contributed by atoms with van der Waals surface area (Å²) in [6.45, 7) is -0.460. The van der Waals surface area contributed by atoms with Gasteiger partial charge in [0.2, 0.25) is 0 Å². The van der Waals surface area contributed by atoms with E-state index >= 15 is 0 Å². The molecule has 0 fully saturated rings. The summed E-state index contributed by atoms with van der Waals surface area (Å²) in [4.78, 5) is 32.5. The minimum atomic E-state index is -0.734. The van der Waals surface area contributed by atoms with Crippen LogP contribution in [0.25, 0.3) is 0 Å². The number of carbonyl (C=O) groups excluding carboxylic acids is 2. The quantitative estimate of drug-likeness (QED) is 0.674. The molecule has 26 heavy (non-hydrogen) atoms. The summed E-state index contributed by atoms with van der Waals surface area (Å²) in [5.74, 6) is -1.57. The summed E-state index contributed by atoms with van der Waals surface area (Å²) in [6.07, 6.45) is 4.04. The molecule has 0 aliphatic rings. The van der Waals surface area contributed by atoms with E-state index in [-0.39, 0.29) is 11.5 Å². The largest absolute Gasteiger partial charge is 0.451 e. The molecule has 2 aromatic heterocycles. The lowest BCUT2D eigenvalue weighted by Crippen LogP contribution is -2.32. The number of nitrogens with one attached hydrogen (secondary N) is 1. The van der Waals surface area contributed by atoms with Crippen LogP contribution in [0.2, 0.25) is 0 Å². The van der Waals surface area contributed by atoms with E-state index in [9.17, 15) is 14.0 Å². The van der Waals surface area contributed by atoms with Crippen molar-refractivity contribution in [2.45, 2.75) is 6.04 Å². The maximum Gasteiger partial charge on any atom is 0.359 e. The van der Waals surface area contributed by atoms with Gasteiger partial charge in [-0.3, -0.25) is 9.78 Å². The molecule has 8 heteroatoms. The molecule has 0 saturated heterocycles.